The summed E-state index contributed by atoms with van der Waals surface area (Å²) in [4.78, 5) is 16.7. The normalized spacial score (nSPS) is 11.4. The Morgan fingerprint density at radius 1 is 1.07 bits per heavy atom. The number of aryl methyl sites for hydroxylation is 1. The minimum absolute atomic E-state index is 0.127. The van der Waals surface area contributed by atoms with Gasteiger partial charge in [-0.15, -0.1) is 10.2 Å². The minimum Gasteiger partial charge on any atom is -0.319 e. The van der Waals surface area contributed by atoms with Gasteiger partial charge in [0.15, 0.2) is 5.65 Å². The van der Waals surface area contributed by atoms with Crippen LogP contribution in [0.2, 0.25) is 0 Å². The first kappa shape index (κ1) is 17.1. The number of amides is 1. The lowest BCUT2D eigenvalue weighted by Crippen LogP contribution is -2.20. The van der Waals surface area contributed by atoms with Gasteiger partial charge in [-0.25, -0.2) is 0 Å². The first-order valence-corrected chi connectivity index (χ1v) is 9.01. The number of aromatic nitrogens is 4. The average molecular weight is 359 g/mol. The van der Waals surface area contributed by atoms with E-state index in [0.717, 1.165) is 27.6 Å². The zero-order chi connectivity index (χ0) is 19.0. The van der Waals surface area contributed by atoms with E-state index in [1.165, 1.54) is 5.56 Å². The predicted octanol–water partition coefficient (Wildman–Crippen LogP) is 3.93. The highest BCUT2D eigenvalue weighted by Crippen LogP contribution is 2.29. The van der Waals surface area contributed by atoms with Crippen LogP contribution in [-0.2, 0) is 11.3 Å². The van der Waals surface area contributed by atoms with Crippen molar-refractivity contribution in [3.63, 3.8) is 0 Å². The highest BCUT2D eigenvalue weighted by Gasteiger charge is 2.17. The Morgan fingerprint density at radius 3 is 2.59 bits per heavy atom. The van der Waals surface area contributed by atoms with Crippen molar-refractivity contribution in [3.05, 3.63) is 59.7 Å². The fraction of sp³-hybridized carbons (Fsp3) is 0.238. The standard InChI is InChI=1S/C21H21N5O/c1-13(2)20(27)23-21-22-19-17(24-25-21)16-11-7-8-14(3)18(16)26(19)12-15-9-5-4-6-10-15/h4-11,13H,12H2,1-3H3,(H,22,23,25,27). The summed E-state index contributed by atoms with van der Waals surface area (Å²) in [5.41, 5.74) is 4.87. The van der Waals surface area contributed by atoms with Crippen LogP contribution in [0.25, 0.3) is 22.1 Å². The Morgan fingerprint density at radius 2 is 1.85 bits per heavy atom. The van der Waals surface area contributed by atoms with Crippen molar-refractivity contribution in [2.45, 2.75) is 27.3 Å². The molecular weight excluding hydrogens is 338 g/mol. The molecule has 0 spiro atoms. The summed E-state index contributed by atoms with van der Waals surface area (Å²) in [7, 11) is 0. The molecule has 0 atom stereocenters. The van der Waals surface area contributed by atoms with Gasteiger partial charge in [0.2, 0.25) is 5.91 Å². The van der Waals surface area contributed by atoms with Gasteiger partial charge in [-0.05, 0) is 18.1 Å². The Labute approximate surface area is 157 Å². The number of nitrogens with zero attached hydrogens (tertiary/aromatic N) is 4. The van der Waals surface area contributed by atoms with Gasteiger partial charge in [0.05, 0.1) is 5.52 Å². The molecule has 0 fully saturated rings. The van der Waals surface area contributed by atoms with Crippen LogP contribution < -0.4 is 5.32 Å². The van der Waals surface area contributed by atoms with Crippen LogP contribution in [0.5, 0.6) is 0 Å². The molecule has 4 rings (SSSR count). The minimum atomic E-state index is -0.151. The predicted molar refractivity (Wildman–Crippen MR) is 107 cm³/mol. The Hall–Kier alpha value is -3.28. The van der Waals surface area contributed by atoms with Gasteiger partial charge in [0.25, 0.3) is 5.95 Å². The van der Waals surface area contributed by atoms with Gasteiger partial charge in [-0.1, -0.05) is 62.4 Å². The first-order chi connectivity index (χ1) is 13.0. The summed E-state index contributed by atoms with van der Waals surface area (Å²) in [6, 6.07) is 16.4. The van der Waals surface area contributed by atoms with Crippen LogP contribution in [-0.4, -0.2) is 25.7 Å². The van der Waals surface area contributed by atoms with Gasteiger partial charge < -0.3 is 4.57 Å². The lowest BCUT2D eigenvalue weighted by atomic mass is 10.1. The number of benzene rings is 2. The van der Waals surface area contributed by atoms with Crippen LogP contribution in [0.3, 0.4) is 0 Å². The molecule has 2 heterocycles. The summed E-state index contributed by atoms with van der Waals surface area (Å²) in [5.74, 6) is -0.0456. The van der Waals surface area contributed by atoms with Crippen molar-refractivity contribution in [2.24, 2.45) is 5.92 Å². The Bertz CT molecular complexity index is 1130. The maximum Gasteiger partial charge on any atom is 0.251 e. The van der Waals surface area contributed by atoms with Crippen LogP contribution in [0, 0.1) is 12.8 Å². The van der Waals surface area contributed by atoms with E-state index in [9.17, 15) is 4.79 Å². The van der Waals surface area contributed by atoms with Crippen LogP contribution >= 0.6 is 0 Å². The molecule has 27 heavy (non-hydrogen) atoms. The fourth-order valence-electron chi connectivity index (χ4n) is 3.22. The third-order valence-electron chi connectivity index (χ3n) is 4.63. The van der Waals surface area contributed by atoms with E-state index < -0.39 is 0 Å². The number of fused-ring (bicyclic) bond motifs is 3. The van der Waals surface area contributed by atoms with Gasteiger partial charge >= 0.3 is 0 Å². The second kappa shape index (κ2) is 6.79. The van der Waals surface area contributed by atoms with E-state index in [1.807, 2.05) is 44.2 Å². The van der Waals surface area contributed by atoms with Crippen LogP contribution in [0.15, 0.2) is 48.5 Å². The molecule has 0 aliphatic rings. The molecule has 6 heteroatoms. The zero-order valence-electron chi connectivity index (χ0n) is 15.6. The second-order valence-corrected chi connectivity index (χ2v) is 6.99. The van der Waals surface area contributed by atoms with Crippen molar-refractivity contribution < 1.29 is 4.79 Å². The van der Waals surface area contributed by atoms with Crippen molar-refractivity contribution in [2.75, 3.05) is 5.32 Å². The third kappa shape index (κ3) is 3.14. The summed E-state index contributed by atoms with van der Waals surface area (Å²) in [6.07, 6.45) is 0. The summed E-state index contributed by atoms with van der Waals surface area (Å²) in [6.45, 7) is 6.41. The number of hydrogen-bond donors (Lipinski definition) is 1. The molecule has 4 aromatic rings. The monoisotopic (exact) mass is 359 g/mol. The number of carbonyl (C=O) groups is 1. The third-order valence-corrected chi connectivity index (χ3v) is 4.63. The lowest BCUT2D eigenvalue weighted by molar-refractivity contribution is -0.118. The molecule has 0 saturated heterocycles. The number of hydrogen-bond acceptors (Lipinski definition) is 4. The summed E-state index contributed by atoms with van der Waals surface area (Å²) in [5, 5.41) is 12.3. The molecule has 0 aliphatic carbocycles. The Kier molecular flexibility index (Phi) is 4.32. The highest BCUT2D eigenvalue weighted by molar-refractivity contribution is 6.05. The van der Waals surface area contributed by atoms with E-state index in [-0.39, 0.29) is 17.8 Å². The van der Waals surface area contributed by atoms with Crippen LogP contribution in [0.1, 0.15) is 25.0 Å². The van der Waals surface area contributed by atoms with Crippen molar-refractivity contribution in [1.82, 2.24) is 19.7 Å². The number of anilines is 1. The molecule has 2 aromatic heterocycles. The molecule has 0 bridgehead atoms. The second-order valence-electron chi connectivity index (χ2n) is 6.99. The topological polar surface area (TPSA) is 72.7 Å². The summed E-state index contributed by atoms with van der Waals surface area (Å²) < 4.78 is 2.15. The van der Waals surface area contributed by atoms with E-state index in [2.05, 4.69) is 50.2 Å². The number of carbonyl (C=O) groups excluding carboxylic acids is 1. The van der Waals surface area contributed by atoms with E-state index in [1.54, 1.807) is 0 Å². The smallest absolute Gasteiger partial charge is 0.251 e. The molecule has 0 radical (unpaired) electrons. The molecule has 0 saturated carbocycles. The van der Waals surface area contributed by atoms with Gasteiger partial charge in [-0.3, -0.25) is 10.1 Å². The zero-order valence-corrected chi connectivity index (χ0v) is 15.6. The highest BCUT2D eigenvalue weighted by atomic mass is 16.2. The molecule has 0 aliphatic heterocycles. The molecule has 136 valence electrons. The molecule has 1 amide bonds. The fourth-order valence-corrected chi connectivity index (χ4v) is 3.22. The van der Waals surface area contributed by atoms with Crippen molar-refractivity contribution >= 4 is 33.9 Å². The maximum atomic E-state index is 12.0. The Balaban J connectivity index is 1.91. The van der Waals surface area contributed by atoms with E-state index in [4.69, 9.17) is 0 Å². The largest absolute Gasteiger partial charge is 0.319 e. The molecule has 0 unspecified atom stereocenters. The molecule has 6 nitrogen and oxygen atoms in total. The SMILES string of the molecule is Cc1cccc2c3nnc(NC(=O)C(C)C)nc3n(Cc3ccccc3)c12. The molecular formula is C21H21N5O. The number of rotatable bonds is 4. The van der Waals surface area contributed by atoms with Crippen molar-refractivity contribution in [1.29, 1.82) is 0 Å². The van der Waals surface area contributed by atoms with E-state index in [0.29, 0.717) is 6.54 Å². The van der Waals surface area contributed by atoms with Gasteiger partial charge in [0, 0.05) is 17.8 Å². The van der Waals surface area contributed by atoms with Gasteiger partial charge in [0.1, 0.15) is 5.52 Å². The lowest BCUT2D eigenvalue weighted by Gasteiger charge is -2.09. The first-order valence-electron chi connectivity index (χ1n) is 9.01. The van der Waals surface area contributed by atoms with Crippen molar-refractivity contribution in [3.8, 4) is 0 Å². The molecule has 1 N–H and O–H groups in total. The molecule has 2 aromatic carbocycles. The summed E-state index contributed by atoms with van der Waals surface area (Å²) >= 11 is 0. The number of para-hydroxylation sites is 1. The quantitative estimate of drug-likeness (QED) is 0.599. The maximum absolute atomic E-state index is 12.0. The van der Waals surface area contributed by atoms with E-state index >= 15 is 0 Å². The number of nitrogens with one attached hydrogen (secondary N) is 1. The van der Waals surface area contributed by atoms with Crippen LogP contribution in [0.4, 0.5) is 5.95 Å². The average Bonchev–Trinajstić information content (AvgIpc) is 2.97. The van der Waals surface area contributed by atoms with Gasteiger partial charge in [-0.2, -0.15) is 4.98 Å².